The van der Waals surface area contributed by atoms with Gasteiger partial charge in [-0.05, 0) is 42.3 Å². The number of para-hydroxylation sites is 1. The lowest BCUT2D eigenvalue weighted by molar-refractivity contribution is 0.0997. The number of benzene rings is 2. The first kappa shape index (κ1) is 26.6. The number of aliphatic hydroxyl groups is 2. The van der Waals surface area contributed by atoms with Gasteiger partial charge in [0.15, 0.2) is 0 Å². The summed E-state index contributed by atoms with van der Waals surface area (Å²) < 4.78 is 11.1. The van der Waals surface area contributed by atoms with Crippen LogP contribution in [-0.4, -0.2) is 52.1 Å². The first-order valence-electron chi connectivity index (χ1n) is 9.47. The van der Waals surface area contributed by atoms with E-state index in [-0.39, 0.29) is 44.1 Å². The van der Waals surface area contributed by atoms with Gasteiger partial charge in [0, 0.05) is 25.0 Å². The Morgan fingerprint density at radius 3 is 2.19 bits per heavy atom. The van der Waals surface area contributed by atoms with Gasteiger partial charge in [-0.3, -0.25) is 0 Å². The first-order valence-corrected chi connectivity index (χ1v) is 9.47. The van der Waals surface area contributed by atoms with Crippen LogP contribution in [0.4, 0.5) is 0 Å². The molecule has 3 rings (SSSR count). The summed E-state index contributed by atoms with van der Waals surface area (Å²) in [4.78, 5) is 8.05. The monoisotopic (exact) mass is 467 g/mol. The molecule has 0 aliphatic rings. The van der Waals surface area contributed by atoms with Gasteiger partial charge in [-0.25, -0.2) is 9.97 Å². The lowest BCUT2D eigenvalue weighted by Gasteiger charge is -2.19. The van der Waals surface area contributed by atoms with Crippen molar-refractivity contribution in [3.63, 3.8) is 0 Å². The summed E-state index contributed by atoms with van der Waals surface area (Å²) >= 11 is 0. The van der Waals surface area contributed by atoms with Crippen molar-refractivity contribution in [2.45, 2.75) is 18.6 Å². The Labute approximate surface area is 194 Å². The molecule has 0 saturated carbocycles. The van der Waals surface area contributed by atoms with Gasteiger partial charge in [-0.15, -0.1) is 24.8 Å². The fourth-order valence-corrected chi connectivity index (χ4v) is 2.69. The van der Waals surface area contributed by atoms with Gasteiger partial charge in [-0.1, -0.05) is 30.3 Å². The summed E-state index contributed by atoms with van der Waals surface area (Å²) in [6, 6.07) is 18.7. The molecule has 0 fully saturated rings. The second-order valence-corrected chi connectivity index (χ2v) is 6.55. The molecule has 0 amide bonds. The Morgan fingerprint density at radius 2 is 1.55 bits per heavy atom. The molecular formula is C22H27Cl2N3O4. The summed E-state index contributed by atoms with van der Waals surface area (Å²) in [5, 5.41) is 22.9. The molecule has 0 aliphatic carbocycles. The third-order valence-corrected chi connectivity index (χ3v) is 4.20. The van der Waals surface area contributed by atoms with Crippen LogP contribution in [0.5, 0.6) is 17.5 Å². The van der Waals surface area contributed by atoms with Gasteiger partial charge in [-0.2, -0.15) is 0 Å². The van der Waals surface area contributed by atoms with E-state index in [1.54, 1.807) is 18.5 Å². The molecule has 0 saturated heterocycles. The van der Waals surface area contributed by atoms with Crippen molar-refractivity contribution >= 4 is 24.8 Å². The van der Waals surface area contributed by atoms with Crippen LogP contribution in [0.15, 0.2) is 73.1 Å². The van der Waals surface area contributed by atoms with Crippen LogP contribution in [0.25, 0.3) is 0 Å². The van der Waals surface area contributed by atoms with Crippen LogP contribution >= 0.6 is 24.8 Å². The molecule has 168 valence electrons. The van der Waals surface area contributed by atoms with E-state index in [4.69, 9.17) is 9.47 Å². The minimum absolute atomic E-state index is 0. The Bertz CT molecular complexity index is 842. The zero-order chi connectivity index (χ0) is 20.3. The van der Waals surface area contributed by atoms with Gasteiger partial charge >= 0.3 is 6.01 Å². The Hall–Kier alpha value is -2.42. The maximum atomic E-state index is 10.1. The highest BCUT2D eigenvalue weighted by molar-refractivity contribution is 5.85. The molecule has 1 heterocycles. The lowest BCUT2D eigenvalue weighted by atomic mass is 10.1. The number of nitrogens with one attached hydrogen (secondary N) is 1. The van der Waals surface area contributed by atoms with E-state index < -0.39 is 6.10 Å². The normalized spacial score (nSPS) is 12.1. The summed E-state index contributed by atoms with van der Waals surface area (Å²) in [6.45, 7) is 0.468. The van der Waals surface area contributed by atoms with Crippen LogP contribution in [0.3, 0.4) is 0 Å². The van der Waals surface area contributed by atoms with Crippen molar-refractivity contribution in [3.05, 3.63) is 78.6 Å². The topological polar surface area (TPSA) is 96.7 Å². The van der Waals surface area contributed by atoms with Crippen molar-refractivity contribution in [1.82, 2.24) is 15.3 Å². The fraction of sp³-hybridized carbons (Fsp3) is 0.273. The molecule has 3 aromatic rings. The molecular weight excluding hydrogens is 441 g/mol. The van der Waals surface area contributed by atoms with E-state index in [1.165, 1.54) is 0 Å². The highest BCUT2D eigenvalue weighted by Gasteiger charge is 2.12. The zero-order valence-electron chi connectivity index (χ0n) is 16.8. The maximum absolute atomic E-state index is 10.1. The summed E-state index contributed by atoms with van der Waals surface area (Å²) in [6.07, 6.45) is 3.18. The summed E-state index contributed by atoms with van der Waals surface area (Å²) in [5.74, 6) is 1.36. The predicted octanol–water partition coefficient (Wildman–Crippen LogP) is 3.05. The standard InChI is InChI=1S/C22H25N3O4.2ClH/c26-15-18(25-14-19(27)16-28-20-5-2-1-3-6-20)13-17-7-9-21(10-8-17)29-22-23-11-4-12-24-22;;/h1-12,18-19,25-27H,13-16H2;2*1H/t18-,19-;;/m0../s1. The Morgan fingerprint density at radius 1 is 0.871 bits per heavy atom. The van der Waals surface area contributed by atoms with Gasteiger partial charge in [0.2, 0.25) is 0 Å². The molecule has 0 bridgehead atoms. The Kier molecular flexibility index (Phi) is 12.5. The number of aromatic nitrogens is 2. The van der Waals surface area contributed by atoms with Crippen LogP contribution in [-0.2, 0) is 6.42 Å². The van der Waals surface area contributed by atoms with E-state index in [0.29, 0.717) is 30.5 Å². The van der Waals surface area contributed by atoms with Crippen LogP contribution < -0.4 is 14.8 Å². The molecule has 0 unspecified atom stereocenters. The number of ether oxygens (including phenoxy) is 2. The van der Waals surface area contributed by atoms with Crippen molar-refractivity contribution in [2.24, 2.45) is 0 Å². The number of rotatable bonds is 11. The van der Waals surface area contributed by atoms with Gasteiger partial charge < -0.3 is 25.0 Å². The first-order chi connectivity index (χ1) is 14.2. The van der Waals surface area contributed by atoms with E-state index in [9.17, 15) is 10.2 Å². The van der Waals surface area contributed by atoms with E-state index in [0.717, 1.165) is 5.56 Å². The van der Waals surface area contributed by atoms with Crippen molar-refractivity contribution in [2.75, 3.05) is 19.8 Å². The molecule has 0 radical (unpaired) electrons. The molecule has 2 atom stereocenters. The molecule has 7 nitrogen and oxygen atoms in total. The van der Waals surface area contributed by atoms with Gasteiger partial charge in [0.25, 0.3) is 0 Å². The lowest BCUT2D eigenvalue weighted by Crippen LogP contribution is -2.41. The quantitative estimate of drug-likeness (QED) is 0.398. The second kappa shape index (κ2) is 14.6. The highest BCUT2D eigenvalue weighted by atomic mass is 35.5. The minimum Gasteiger partial charge on any atom is -0.491 e. The van der Waals surface area contributed by atoms with Crippen LogP contribution in [0.1, 0.15) is 5.56 Å². The molecule has 1 aromatic heterocycles. The minimum atomic E-state index is -0.675. The molecule has 9 heteroatoms. The SMILES string of the molecule is Cl.Cl.OC[C@H](Cc1ccc(Oc2ncccn2)cc1)NC[C@H](O)COc1ccccc1. The largest absolute Gasteiger partial charge is 0.491 e. The summed E-state index contributed by atoms with van der Waals surface area (Å²) in [5.41, 5.74) is 1.04. The van der Waals surface area contributed by atoms with Crippen LogP contribution in [0.2, 0.25) is 0 Å². The number of hydrogen-bond donors (Lipinski definition) is 3. The van der Waals surface area contributed by atoms with E-state index in [1.807, 2.05) is 54.6 Å². The van der Waals surface area contributed by atoms with E-state index in [2.05, 4.69) is 15.3 Å². The predicted molar refractivity (Wildman–Crippen MR) is 124 cm³/mol. The van der Waals surface area contributed by atoms with Crippen molar-refractivity contribution in [1.29, 1.82) is 0 Å². The van der Waals surface area contributed by atoms with Gasteiger partial charge in [0.1, 0.15) is 24.2 Å². The van der Waals surface area contributed by atoms with Crippen molar-refractivity contribution < 1.29 is 19.7 Å². The second-order valence-electron chi connectivity index (χ2n) is 6.55. The third-order valence-electron chi connectivity index (χ3n) is 4.20. The number of halogens is 2. The highest BCUT2D eigenvalue weighted by Crippen LogP contribution is 2.18. The zero-order valence-corrected chi connectivity index (χ0v) is 18.5. The smallest absolute Gasteiger partial charge is 0.321 e. The molecule has 0 aliphatic heterocycles. The average Bonchev–Trinajstić information content (AvgIpc) is 2.78. The van der Waals surface area contributed by atoms with Gasteiger partial charge in [0.05, 0.1) is 6.61 Å². The number of aliphatic hydroxyl groups excluding tert-OH is 2. The summed E-state index contributed by atoms with van der Waals surface area (Å²) in [7, 11) is 0. The number of nitrogens with zero attached hydrogens (tertiary/aromatic N) is 2. The van der Waals surface area contributed by atoms with E-state index >= 15 is 0 Å². The molecule has 3 N–H and O–H groups in total. The van der Waals surface area contributed by atoms with Crippen molar-refractivity contribution in [3.8, 4) is 17.5 Å². The third kappa shape index (κ3) is 9.50. The average molecular weight is 468 g/mol. The molecule has 31 heavy (non-hydrogen) atoms. The molecule has 0 spiro atoms. The maximum Gasteiger partial charge on any atom is 0.321 e. The Balaban J connectivity index is 0.00000240. The fourth-order valence-electron chi connectivity index (χ4n) is 2.69. The van der Waals surface area contributed by atoms with Crippen LogP contribution in [0, 0.1) is 0 Å². The number of hydrogen-bond acceptors (Lipinski definition) is 7. The molecule has 2 aromatic carbocycles.